The predicted octanol–water partition coefficient (Wildman–Crippen LogP) is 3.26. The highest BCUT2D eigenvalue weighted by atomic mass is 32.2. The van der Waals surface area contributed by atoms with Gasteiger partial charge in [-0.05, 0) is 55.8 Å². The average molecular weight is 487 g/mol. The van der Waals surface area contributed by atoms with Crippen LogP contribution in [0.1, 0.15) is 61.3 Å². The number of aryl methyl sites for hydroxylation is 1. The molecule has 0 radical (unpaired) electrons. The number of anilines is 1. The van der Waals surface area contributed by atoms with Gasteiger partial charge >= 0.3 is 5.63 Å². The molecule has 9 nitrogen and oxygen atoms in total. The maximum absolute atomic E-state index is 13.1. The van der Waals surface area contributed by atoms with Gasteiger partial charge in [-0.1, -0.05) is 19.1 Å². The Kier molecular flexibility index (Phi) is 6.81. The van der Waals surface area contributed by atoms with Crippen molar-refractivity contribution in [3.05, 3.63) is 70.2 Å². The van der Waals surface area contributed by atoms with Crippen molar-refractivity contribution in [3.63, 3.8) is 0 Å². The molecule has 0 saturated heterocycles. The molecule has 2 atom stereocenters. The number of sulfonamides is 1. The highest BCUT2D eigenvalue weighted by Crippen LogP contribution is 2.48. The molecule has 4 rings (SSSR count). The van der Waals surface area contributed by atoms with Crippen LogP contribution >= 0.6 is 0 Å². The van der Waals surface area contributed by atoms with Crippen LogP contribution < -0.4 is 16.1 Å². The van der Waals surface area contributed by atoms with Gasteiger partial charge in [0.05, 0.1) is 11.9 Å². The lowest BCUT2D eigenvalue weighted by atomic mass is 9.87. The number of aromatic hydroxyl groups is 1. The van der Waals surface area contributed by atoms with Crippen LogP contribution in [0.25, 0.3) is 0 Å². The van der Waals surface area contributed by atoms with Gasteiger partial charge < -0.3 is 19.8 Å². The molecule has 4 N–H and O–H groups in total. The first kappa shape index (κ1) is 24.0. The highest BCUT2D eigenvalue weighted by molar-refractivity contribution is 7.92. The Hall–Kier alpha value is -3.11. The Morgan fingerprint density at radius 2 is 2.09 bits per heavy atom. The topological polar surface area (TPSA) is 140 Å². The van der Waals surface area contributed by atoms with Crippen molar-refractivity contribution in [3.8, 4) is 5.75 Å². The Morgan fingerprint density at radius 3 is 2.68 bits per heavy atom. The number of hydrogen-bond acceptors (Lipinski definition) is 7. The summed E-state index contributed by atoms with van der Waals surface area (Å²) in [5.41, 5.74) is 6.40. The fraction of sp³-hybridized carbons (Fsp3) is 0.417. The first-order chi connectivity index (χ1) is 16.2. The Balaban J connectivity index is 1.69. The molecule has 2 unspecified atom stereocenters. The molecule has 1 saturated carbocycles. The van der Waals surface area contributed by atoms with Gasteiger partial charge in [-0.15, -0.1) is 0 Å². The molecule has 0 spiro atoms. The minimum Gasteiger partial charge on any atom is -0.507 e. The summed E-state index contributed by atoms with van der Waals surface area (Å²) in [5, 5.41) is 10.8. The van der Waals surface area contributed by atoms with E-state index in [0.29, 0.717) is 24.4 Å². The summed E-state index contributed by atoms with van der Waals surface area (Å²) < 4.78 is 35.2. The molecule has 1 aromatic carbocycles. The normalized spacial score (nSPS) is 15.7. The zero-order valence-corrected chi connectivity index (χ0v) is 20.1. The largest absolute Gasteiger partial charge is 0.507 e. The quantitative estimate of drug-likeness (QED) is 0.399. The van der Waals surface area contributed by atoms with Crippen molar-refractivity contribution < 1.29 is 17.9 Å². The van der Waals surface area contributed by atoms with Gasteiger partial charge in [-0.25, -0.2) is 9.78 Å². The first-order valence-corrected chi connectivity index (χ1v) is 12.9. The second kappa shape index (κ2) is 9.63. The van der Waals surface area contributed by atoms with Crippen molar-refractivity contribution in [1.82, 2.24) is 9.55 Å². The molecule has 2 aromatic heterocycles. The van der Waals surface area contributed by atoms with E-state index in [-0.39, 0.29) is 28.2 Å². The Morgan fingerprint density at radius 1 is 1.32 bits per heavy atom. The van der Waals surface area contributed by atoms with Crippen molar-refractivity contribution in [2.45, 2.75) is 49.5 Å². The lowest BCUT2D eigenvalue weighted by Gasteiger charge is -2.20. The van der Waals surface area contributed by atoms with Crippen LogP contribution in [-0.2, 0) is 17.1 Å². The SMILES string of the molecule is CCC(CCN)c1cc(O)c(C(c2cccc(NS(=O)(=O)c3cn(C)cn3)c2)C2CC2)c(=O)o1. The molecule has 34 heavy (non-hydrogen) atoms. The predicted molar refractivity (Wildman–Crippen MR) is 128 cm³/mol. The summed E-state index contributed by atoms with van der Waals surface area (Å²) >= 11 is 0. The van der Waals surface area contributed by atoms with Gasteiger partial charge in [0.1, 0.15) is 11.5 Å². The monoisotopic (exact) mass is 486 g/mol. The van der Waals surface area contributed by atoms with E-state index in [4.69, 9.17) is 10.2 Å². The number of benzene rings is 1. The number of nitrogens with one attached hydrogen (secondary N) is 1. The van der Waals surface area contributed by atoms with Gasteiger partial charge in [0.15, 0.2) is 5.03 Å². The van der Waals surface area contributed by atoms with Crippen molar-refractivity contribution >= 4 is 15.7 Å². The molecule has 3 aromatic rings. The lowest BCUT2D eigenvalue weighted by molar-refractivity contribution is 0.375. The molecule has 2 heterocycles. The molecule has 1 aliphatic rings. The van der Waals surface area contributed by atoms with E-state index in [1.807, 2.05) is 13.0 Å². The number of hydrogen-bond donors (Lipinski definition) is 3. The van der Waals surface area contributed by atoms with Gasteiger partial charge in [-0.3, -0.25) is 4.72 Å². The highest BCUT2D eigenvalue weighted by Gasteiger charge is 2.38. The van der Waals surface area contributed by atoms with Gasteiger partial charge in [0.2, 0.25) is 0 Å². The van der Waals surface area contributed by atoms with Crippen molar-refractivity contribution in [2.24, 2.45) is 18.7 Å². The third kappa shape index (κ3) is 5.02. The standard InChI is InChI=1S/C24H30N4O5S/c1-3-15(9-10-25)20-12-19(29)23(24(30)33-20)22(16-7-8-16)17-5-4-6-18(11-17)27-34(31,32)21-13-28(2)14-26-21/h4-6,11-16,22,27,29H,3,7-10,25H2,1-2H3. The summed E-state index contributed by atoms with van der Waals surface area (Å²) in [5.74, 6) is 0.0533. The van der Waals surface area contributed by atoms with Gasteiger partial charge in [-0.2, -0.15) is 8.42 Å². The molecule has 182 valence electrons. The fourth-order valence-corrected chi connectivity index (χ4v) is 5.41. The van der Waals surface area contributed by atoms with Crippen molar-refractivity contribution in [1.29, 1.82) is 0 Å². The molecular weight excluding hydrogens is 456 g/mol. The smallest absolute Gasteiger partial charge is 0.343 e. The van der Waals surface area contributed by atoms with Crippen LogP contribution in [0.2, 0.25) is 0 Å². The second-order valence-corrected chi connectivity index (χ2v) is 10.5. The molecular formula is C24H30N4O5S. The minimum atomic E-state index is -3.87. The number of imidazole rings is 1. The molecule has 0 bridgehead atoms. The second-order valence-electron chi connectivity index (χ2n) is 8.84. The third-order valence-corrected chi connectivity index (χ3v) is 7.52. The van der Waals surface area contributed by atoms with Crippen molar-refractivity contribution in [2.75, 3.05) is 11.3 Å². The fourth-order valence-electron chi connectivity index (χ4n) is 4.38. The van der Waals surface area contributed by atoms with E-state index < -0.39 is 21.6 Å². The van der Waals surface area contributed by atoms with E-state index in [0.717, 1.165) is 24.8 Å². The van der Waals surface area contributed by atoms with Gasteiger partial charge in [0.25, 0.3) is 10.0 Å². The molecule has 10 heteroatoms. The zero-order chi connectivity index (χ0) is 24.5. The van der Waals surface area contributed by atoms with E-state index >= 15 is 0 Å². The van der Waals surface area contributed by atoms with Crippen LogP contribution in [-0.4, -0.2) is 29.6 Å². The summed E-state index contributed by atoms with van der Waals surface area (Å²) in [6.45, 7) is 2.44. The van der Waals surface area contributed by atoms with E-state index in [1.54, 1.807) is 29.8 Å². The average Bonchev–Trinajstić information content (AvgIpc) is 3.52. The number of nitrogens with two attached hydrogens (primary N) is 1. The van der Waals surface area contributed by atoms with Crippen LogP contribution in [0.15, 0.2) is 57.1 Å². The summed E-state index contributed by atoms with van der Waals surface area (Å²) in [7, 11) is -2.18. The van der Waals surface area contributed by atoms with Crippen LogP contribution in [0.5, 0.6) is 5.75 Å². The lowest BCUT2D eigenvalue weighted by Crippen LogP contribution is -2.18. The first-order valence-electron chi connectivity index (χ1n) is 11.4. The summed E-state index contributed by atoms with van der Waals surface area (Å²) in [4.78, 5) is 17.0. The van der Waals surface area contributed by atoms with E-state index in [2.05, 4.69) is 9.71 Å². The van der Waals surface area contributed by atoms with E-state index in [1.165, 1.54) is 18.6 Å². The molecule has 0 amide bonds. The van der Waals surface area contributed by atoms with E-state index in [9.17, 15) is 18.3 Å². The molecule has 1 aliphatic carbocycles. The van der Waals surface area contributed by atoms with Crippen LogP contribution in [0, 0.1) is 5.92 Å². The number of nitrogens with zero attached hydrogens (tertiary/aromatic N) is 2. The maximum atomic E-state index is 13.1. The third-order valence-electron chi connectivity index (χ3n) is 6.25. The van der Waals surface area contributed by atoms with Crippen LogP contribution in [0.3, 0.4) is 0 Å². The summed E-state index contributed by atoms with van der Waals surface area (Å²) in [6, 6.07) is 8.42. The Labute approximate surface area is 198 Å². The Bertz CT molecular complexity index is 1330. The number of rotatable bonds is 10. The summed E-state index contributed by atoms with van der Waals surface area (Å²) in [6.07, 6.45) is 6.03. The molecule has 1 fully saturated rings. The van der Waals surface area contributed by atoms with Gasteiger partial charge in [0, 0.05) is 36.8 Å². The van der Waals surface area contributed by atoms with Crippen LogP contribution in [0.4, 0.5) is 5.69 Å². The zero-order valence-electron chi connectivity index (χ0n) is 19.3. The molecule has 0 aliphatic heterocycles. The minimum absolute atomic E-state index is 0.0404. The maximum Gasteiger partial charge on any atom is 0.343 e. The number of aromatic nitrogens is 2.